The molecule has 0 saturated carbocycles. The largest absolute Gasteiger partial charge is 0.0914 e. The minimum Gasteiger partial charge on any atom is -0.0914 e. The van der Waals surface area contributed by atoms with Crippen molar-refractivity contribution in [3.63, 3.8) is 0 Å². The predicted octanol–water partition coefficient (Wildman–Crippen LogP) is 10.7. The molecule has 0 aromatic heterocycles. The van der Waals surface area contributed by atoms with E-state index in [0.29, 0.717) is 5.33 Å². The molecule has 206 valence electrons. The number of hydrogen-bond acceptors (Lipinski definition) is 0. The van der Waals surface area contributed by atoms with Crippen molar-refractivity contribution in [2.24, 2.45) is 0 Å². The van der Waals surface area contributed by atoms with Crippen LogP contribution in [0.3, 0.4) is 0 Å². The van der Waals surface area contributed by atoms with E-state index in [-0.39, 0.29) is 0 Å². The number of benzene rings is 6. The molecule has 42 heavy (non-hydrogen) atoms. The number of alkyl halides is 2. The van der Waals surface area contributed by atoms with Crippen LogP contribution >= 0.6 is 31.9 Å². The van der Waals surface area contributed by atoms with Crippen molar-refractivity contribution in [2.75, 3.05) is 5.33 Å². The van der Waals surface area contributed by atoms with Crippen LogP contribution in [0.25, 0.3) is 0 Å². The molecule has 0 aliphatic carbocycles. The Hall–Kier alpha value is -3.72. The van der Waals surface area contributed by atoms with Crippen LogP contribution in [-0.2, 0) is 15.2 Å². The molecule has 0 saturated heterocycles. The molecule has 0 spiro atoms. The summed E-state index contributed by atoms with van der Waals surface area (Å²) in [6, 6.07) is 66.0. The first-order valence-electron chi connectivity index (χ1n) is 14.3. The van der Waals surface area contributed by atoms with Crippen molar-refractivity contribution < 1.29 is 0 Å². The molecule has 0 N–H and O–H groups in total. The van der Waals surface area contributed by atoms with Gasteiger partial charge >= 0.3 is 0 Å². The lowest BCUT2D eigenvalue weighted by Gasteiger charge is -2.60. The van der Waals surface area contributed by atoms with Gasteiger partial charge in [-0.25, -0.2) is 0 Å². The highest BCUT2D eigenvalue weighted by atomic mass is 79.9. The molecule has 0 radical (unpaired) electrons. The van der Waals surface area contributed by atoms with Crippen molar-refractivity contribution in [1.82, 2.24) is 0 Å². The summed E-state index contributed by atoms with van der Waals surface area (Å²) in [4.78, 5) is 0. The molecular formula is C40H32Br2. The summed E-state index contributed by atoms with van der Waals surface area (Å²) in [6.45, 7) is 0. The fraction of sp³-hybridized carbons (Fsp3) is 0.100. The summed E-state index contributed by atoms with van der Waals surface area (Å²) in [6.07, 6.45) is 0. The van der Waals surface area contributed by atoms with Gasteiger partial charge in [-0.15, -0.1) is 0 Å². The predicted molar refractivity (Wildman–Crippen MR) is 184 cm³/mol. The van der Waals surface area contributed by atoms with E-state index in [2.05, 4.69) is 214 Å². The van der Waals surface area contributed by atoms with Gasteiger partial charge < -0.3 is 0 Å². The van der Waals surface area contributed by atoms with Gasteiger partial charge in [0.1, 0.15) is 0 Å². The Morgan fingerprint density at radius 2 is 0.571 bits per heavy atom. The van der Waals surface area contributed by atoms with Crippen LogP contribution in [0.1, 0.15) is 33.4 Å². The summed E-state index contributed by atoms with van der Waals surface area (Å²) in [7, 11) is 0. The van der Waals surface area contributed by atoms with E-state index in [9.17, 15) is 0 Å². The lowest BCUT2D eigenvalue weighted by Crippen LogP contribution is -2.62. The highest BCUT2D eigenvalue weighted by Gasteiger charge is 2.66. The highest BCUT2D eigenvalue weighted by molar-refractivity contribution is 9.10. The van der Waals surface area contributed by atoms with E-state index < -0.39 is 15.2 Å². The molecule has 2 heteroatoms. The summed E-state index contributed by atoms with van der Waals surface area (Å²) < 4.78 is -0.718. The SMILES string of the molecule is BrCC(c1ccccc1)(c1ccccc1)C(c1ccccc1)(c1ccccc1)C(Br)(c1ccccc1)c1ccccc1. The first-order valence-corrected chi connectivity index (χ1v) is 16.2. The Kier molecular flexibility index (Phi) is 8.29. The van der Waals surface area contributed by atoms with Gasteiger partial charge in [0.15, 0.2) is 0 Å². The molecule has 0 aliphatic rings. The highest BCUT2D eigenvalue weighted by Crippen LogP contribution is 2.66. The molecule has 0 atom stereocenters. The molecule has 6 rings (SSSR count). The monoisotopic (exact) mass is 670 g/mol. The first kappa shape index (κ1) is 28.4. The van der Waals surface area contributed by atoms with Gasteiger partial charge in [0.25, 0.3) is 0 Å². The third-order valence-corrected chi connectivity index (χ3v) is 11.0. The zero-order valence-corrected chi connectivity index (χ0v) is 26.5. The molecule has 0 fully saturated rings. The zero-order valence-electron chi connectivity index (χ0n) is 23.3. The van der Waals surface area contributed by atoms with Crippen LogP contribution < -0.4 is 0 Å². The van der Waals surface area contributed by atoms with Crippen LogP contribution in [0, 0.1) is 0 Å². The van der Waals surface area contributed by atoms with Crippen LogP contribution in [0.15, 0.2) is 182 Å². The lowest BCUT2D eigenvalue weighted by molar-refractivity contribution is 0.285. The Morgan fingerprint density at radius 3 is 0.833 bits per heavy atom. The van der Waals surface area contributed by atoms with Gasteiger partial charge in [0, 0.05) is 10.7 Å². The van der Waals surface area contributed by atoms with Crippen LogP contribution in [0.4, 0.5) is 0 Å². The summed E-state index contributed by atoms with van der Waals surface area (Å²) in [5.41, 5.74) is 5.96. The Morgan fingerprint density at radius 1 is 0.333 bits per heavy atom. The maximum atomic E-state index is 4.65. The van der Waals surface area contributed by atoms with Crippen LogP contribution in [-0.4, -0.2) is 5.33 Å². The fourth-order valence-corrected chi connectivity index (χ4v) is 9.36. The molecule has 0 amide bonds. The lowest BCUT2D eigenvalue weighted by atomic mass is 9.46. The van der Waals surface area contributed by atoms with Crippen molar-refractivity contribution in [3.05, 3.63) is 215 Å². The molecule has 0 aliphatic heterocycles. The average molecular weight is 673 g/mol. The second-order valence-electron chi connectivity index (χ2n) is 10.6. The second-order valence-corrected chi connectivity index (χ2v) is 12.4. The third kappa shape index (κ3) is 4.40. The van der Waals surface area contributed by atoms with E-state index in [4.69, 9.17) is 0 Å². The average Bonchev–Trinajstić information content (AvgIpc) is 3.09. The minimum absolute atomic E-state index is 0.590. The summed E-state index contributed by atoms with van der Waals surface area (Å²) in [5.74, 6) is 0. The smallest absolute Gasteiger partial charge is 0.0903 e. The quantitative estimate of drug-likeness (QED) is 0.134. The topological polar surface area (TPSA) is 0 Å². The zero-order chi connectivity index (χ0) is 28.9. The third-order valence-electron chi connectivity index (χ3n) is 8.65. The van der Waals surface area contributed by atoms with Crippen LogP contribution in [0.2, 0.25) is 0 Å². The minimum atomic E-state index is -0.718. The van der Waals surface area contributed by atoms with Crippen molar-refractivity contribution >= 4 is 31.9 Å². The normalized spacial score (nSPS) is 12.1. The maximum absolute atomic E-state index is 4.65. The summed E-state index contributed by atoms with van der Waals surface area (Å²) >= 11 is 8.84. The van der Waals surface area contributed by atoms with Crippen molar-refractivity contribution in [2.45, 2.75) is 15.2 Å². The molecule has 0 nitrogen and oxygen atoms in total. The van der Waals surface area contributed by atoms with E-state index in [1.165, 1.54) is 33.4 Å². The first-order chi connectivity index (χ1) is 20.7. The van der Waals surface area contributed by atoms with Gasteiger partial charge in [-0.05, 0) is 33.4 Å². The molecule has 6 aromatic rings. The Bertz CT molecular complexity index is 1570. The van der Waals surface area contributed by atoms with Gasteiger partial charge in [0.2, 0.25) is 0 Å². The molecule has 6 aromatic carbocycles. The molecule has 0 unspecified atom stereocenters. The maximum Gasteiger partial charge on any atom is 0.0903 e. The van der Waals surface area contributed by atoms with E-state index in [1.807, 2.05) is 0 Å². The Labute approximate surface area is 266 Å². The number of hydrogen-bond donors (Lipinski definition) is 0. The van der Waals surface area contributed by atoms with Crippen molar-refractivity contribution in [1.29, 1.82) is 0 Å². The Balaban J connectivity index is 1.94. The van der Waals surface area contributed by atoms with Gasteiger partial charge in [-0.3, -0.25) is 0 Å². The number of halogens is 2. The number of rotatable bonds is 9. The van der Waals surface area contributed by atoms with Gasteiger partial charge in [-0.1, -0.05) is 214 Å². The second kappa shape index (κ2) is 12.3. The van der Waals surface area contributed by atoms with Crippen molar-refractivity contribution in [3.8, 4) is 0 Å². The molecule has 0 heterocycles. The van der Waals surface area contributed by atoms with Gasteiger partial charge in [0.05, 0.1) is 9.74 Å². The molecule has 0 bridgehead atoms. The standard InChI is InChI=1S/C40H32Br2/c41-31-38(32-19-7-1-8-20-32,33-21-9-2-10-22-33)39(34-23-11-3-12-24-34,35-25-13-4-14-26-35)40(42,36-27-15-5-16-28-36)37-29-17-6-18-30-37/h1-30H,31H2. The van der Waals surface area contributed by atoms with Gasteiger partial charge in [-0.2, -0.15) is 0 Å². The fourth-order valence-electron chi connectivity index (χ4n) is 6.96. The summed E-state index contributed by atoms with van der Waals surface area (Å²) in [5, 5.41) is 0.671. The van der Waals surface area contributed by atoms with E-state index >= 15 is 0 Å². The van der Waals surface area contributed by atoms with Crippen LogP contribution in [0.5, 0.6) is 0 Å². The van der Waals surface area contributed by atoms with E-state index in [0.717, 1.165) is 0 Å². The molecular weight excluding hydrogens is 640 g/mol. The van der Waals surface area contributed by atoms with E-state index in [1.54, 1.807) is 0 Å².